The molecule has 5 nitrogen and oxygen atoms in total. The molecule has 1 fully saturated rings. The van der Waals surface area contributed by atoms with Crippen molar-refractivity contribution in [3.63, 3.8) is 0 Å². The van der Waals surface area contributed by atoms with Crippen LogP contribution in [0.15, 0.2) is 23.1 Å². The molecule has 0 saturated carbocycles. The highest BCUT2D eigenvalue weighted by Gasteiger charge is 2.28. The summed E-state index contributed by atoms with van der Waals surface area (Å²) in [6, 6.07) is 2.93. The molecule has 1 aliphatic heterocycles. The molecule has 1 atom stereocenters. The van der Waals surface area contributed by atoms with Crippen molar-refractivity contribution in [2.45, 2.75) is 17.4 Å². The van der Waals surface area contributed by atoms with E-state index in [-0.39, 0.29) is 24.7 Å². The number of rotatable bonds is 5. The molecule has 0 spiro atoms. The Morgan fingerprint density at radius 2 is 2.14 bits per heavy atom. The van der Waals surface area contributed by atoms with Crippen LogP contribution in [0.1, 0.15) is 6.42 Å². The number of carbonyl (C=O) groups is 2. The molecule has 1 aromatic rings. The van der Waals surface area contributed by atoms with Crippen molar-refractivity contribution in [2.24, 2.45) is 0 Å². The summed E-state index contributed by atoms with van der Waals surface area (Å²) < 4.78 is 31.1. The van der Waals surface area contributed by atoms with Gasteiger partial charge in [-0.05, 0) is 18.2 Å². The van der Waals surface area contributed by atoms with E-state index >= 15 is 0 Å². The predicted molar refractivity (Wildman–Crippen MR) is 75.7 cm³/mol. The van der Waals surface area contributed by atoms with Gasteiger partial charge in [-0.1, -0.05) is 0 Å². The second kappa shape index (κ2) is 7.55. The fourth-order valence-corrected chi connectivity index (χ4v) is 2.96. The Morgan fingerprint density at radius 1 is 1.36 bits per heavy atom. The molecule has 1 heterocycles. The van der Waals surface area contributed by atoms with Crippen molar-refractivity contribution >= 4 is 23.6 Å². The van der Waals surface area contributed by atoms with Gasteiger partial charge in [-0.15, -0.1) is 11.8 Å². The van der Waals surface area contributed by atoms with E-state index in [0.717, 1.165) is 23.9 Å². The molecular weight excluding hydrogens is 316 g/mol. The van der Waals surface area contributed by atoms with Crippen molar-refractivity contribution < 1.29 is 28.2 Å². The third-order valence-corrected chi connectivity index (χ3v) is 4.19. The topological polar surface area (TPSA) is 66.8 Å². The van der Waals surface area contributed by atoms with Gasteiger partial charge in [0.1, 0.15) is 0 Å². The Kier molecular flexibility index (Phi) is 5.73. The first-order chi connectivity index (χ1) is 10.5. The minimum absolute atomic E-state index is 0.0290. The number of halogens is 2. The van der Waals surface area contributed by atoms with Crippen LogP contribution < -0.4 is 0 Å². The molecule has 120 valence electrons. The summed E-state index contributed by atoms with van der Waals surface area (Å²) >= 11 is 1.08. The van der Waals surface area contributed by atoms with Crippen molar-refractivity contribution in [1.29, 1.82) is 0 Å². The molecule has 8 heteroatoms. The summed E-state index contributed by atoms with van der Waals surface area (Å²) in [4.78, 5) is 24.9. The number of morpholine rings is 1. The highest BCUT2D eigenvalue weighted by molar-refractivity contribution is 8.00. The molecule has 0 aromatic heterocycles. The number of carboxylic acid groups (broad SMARTS) is 1. The van der Waals surface area contributed by atoms with E-state index in [4.69, 9.17) is 9.84 Å². The summed E-state index contributed by atoms with van der Waals surface area (Å²) in [5, 5.41) is 8.85. The lowest BCUT2D eigenvalue weighted by molar-refractivity contribution is -0.144. The molecule has 1 unspecified atom stereocenters. The molecule has 0 aliphatic carbocycles. The predicted octanol–water partition coefficient (Wildman–Crippen LogP) is 1.76. The molecule has 22 heavy (non-hydrogen) atoms. The number of benzene rings is 1. The normalized spacial score (nSPS) is 18.3. The maximum atomic E-state index is 13.1. The minimum atomic E-state index is -0.999. The fraction of sp³-hybridized carbons (Fsp3) is 0.429. The van der Waals surface area contributed by atoms with Gasteiger partial charge >= 0.3 is 5.97 Å². The van der Waals surface area contributed by atoms with E-state index in [0.29, 0.717) is 18.0 Å². The van der Waals surface area contributed by atoms with Gasteiger partial charge in [0.2, 0.25) is 5.91 Å². The number of hydrogen-bond acceptors (Lipinski definition) is 4. The van der Waals surface area contributed by atoms with Gasteiger partial charge in [0.15, 0.2) is 11.6 Å². The second-order valence-corrected chi connectivity index (χ2v) is 5.83. The van der Waals surface area contributed by atoms with E-state index in [2.05, 4.69) is 0 Å². The van der Waals surface area contributed by atoms with E-state index in [9.17, 15) is 18.4 Å². The van der Waals surface area contributed by atoms with Crippen LogP contribution in [0.3, 0.4) is 0 Å². The maximum absolute atomic E-state index is 13.1. The summed E-state index contributed by atoms with van der Waals surface area (Å²) in [6.07, 6.45) is -0.179. The van der Waals surface area contributed by atoms with E-state index in [1.54, 1.807) is 0 Å². The van der Waals surface area contributed by atoms with Crippen LogP contribution in [0.5, 0.6) is 0 Å². The Balaban J connectivity index is 1.94. The number of nitrogens with zero attached hydrogens (tertiary/aromatic N) is 1. The zero-order chi connectivity index (χ0) is 16.1. The lowest BCUT2D eigenvalue weighted by Crippen LogP contribution is -2.50. The third kappa shape index (κ3) is 4.41. The fourth-order valence-electron chi connectivity index (χ4n) is 2.15. The number of thioether (sulfide) groups is 1. The van der Waals surface area contributed by atoms with Crippen molar-refractivity contribution in [1.82, 2.24) is 4.90 Å². The zero-order valence-corrected chi connectivity index (χ0v) is 12.4. The van der Waals surface area contributed by atoms with Crippen LogP contribution in [0.25, 0.3) is 0 Å². The smallest absolute Gasteiger partial charge is 0.305 e. The largest absolute Gasteiger partial charge is 0.481 e. The first-order valence-electron chi connectivity index (χ1n) is 6.64. The standard InChI is InChI=1S/C14H15F2NO4S/c15-11-2-1-10(6-12(11)16)22-8-13(18)17-3-4-21-7-9(17)5-14(19)20/h1-2,6,9H,3-5,7-8H2,(H,19,20). The number of hydrogen-bond donors (Lipinski definition) is 1. The van der Waals surface area contributed by atoms with Gasteiger partial charge in [-0.2, -0.15) is 0 Å². The van der Waals surface area contributed by atoms with Gasteiger partial charge in [0, 0.05) is 11.4 Å². The van der Waals surface area contributed by atoms with Crippen molar-refractivity contribution in [2.75, 3.05) is 25.5 Å². The summed E-state index contributed by atoms with van der Waals surface area (Å²) in [5.41, 5.74) is 0. The number of ether oxygens (including phenoxy) is 1. The summed E-state index contributed by atoms with van der Waals surface area (Å²) in [5.74, 6) is -3.12. The number of amides is 1. The molecule has 0 radical (unpaired) electrons. The Bertz CT molecular complexity index is 570. The monoisotopic (exact) mass is 331 g/mol. The average Bonchev–Trinajstić information content (AvgIpc) is 2.48. The van der Waals surface area contributed by atoms with E-state index in [1.807, 2.05) is 0 Å². The van der Waals surface area contributed by atoms with Crippen LogP contribution >= 0.6 is 11.8 Å². The molecule has 1 aromatic carbocycles. The second-order valence-electron chi connectivity index (χ2n) is 4.78. The van der Waals surface area contributed by atoms with E-state index < -0.39 is 23.6 Å². The maximum Gasteiger partial charge on any atom is 0.305 e. The first-order valence-corrected chi connectivity index (χ1v) is 7.63. The zero-order valence-electron chi connectivity index (χ0n) is 11.6. The van der Waals surface area contributed by atoms with Crippen molar-refractivity contribution in [3.05, 3.63) is 29.8 Å². The lowest BCUT2D eigenvalue weighted by Gasteiger charge is -2.34. The van der Waals surface area contributed by atoms with Gasteiger partial charge in [-0.3, -0.25) is 9.59 Å². The Hall–Kier alpha value is -1.67. The number of carboxylic acids is 1. The number of aliphatic carboxylic acids is 1. The van der Waals surface area contributed by atoms with Crippen LogP contribution in [0.4, 0.5) is 8.78 Å². The molecule has 1 aliphatic rings. The molecule has 0 bridgehead atoms. The minimum Gasteiger partial charge on any atom is -0.481 e. The average molecular weight is 331 g/mol. The SMILES string of the molecule is O=C(O)CC1COCCN1C(=O)CSc1ccc(F)c(F)c1. The third-order valence-electron chi connectivity index (χ3n) is 3.21. The lowest BCUT2D eigenvalue weighted by atomic mass is 10.1. The molecule has 1 saturated heterocycles. The summed E-state index contributed by atoms with van der Waals surface area (Å²) in [6.45, 7) is 0.876. The highest BCUT2D eigenvalue weighted by atomic mass is 32.2. The Labute approximate surface area is 130 Å². The first kappa shape index (κ1) is 16.7. The van der Waals surface area contributed by atoms with Gasteiger partial charge in [-0.25, -0.2) is 8.78 Å². The molecule has 1 amide bonds. The van der Waals surface area contributed by atoms with Gasteiger partial charge in [0.05, 0.1) is 31.4 Å². The van der Waals surface area contributed by atoms with E-state index in [1.165, 1.54) is 11.0 Å². The Morgan fingerprint density at radius 3 is 2.82 bits per heavy atom. The van der Waals surface area contributed by atoms with Crippen LogP contribution in [-0.4, -0.2) is 53.4 Å². The van der Waals surface area contributed by atoms with Crippen LogP contribution in [-0.2, 0) is 14.3 Å². The summed E-state index contributed by atoms with van der Waals surface area (Å²) in [7, 11) is 0. The number of carbonyl (C=O) groups excluding carboxylic acids is 1. The van der Waals surface area contributed by atoms with Gasteiger partial charge in [0.25, 0.3) is 0 Å². The van der Waals surface area contributed by atoms with Crippen LogP contribution in [0, 0.1) is 11.6 Å². The van der Waals surface area contributed by atoms with Gasteiger partial charge < -0.3 is 14.7 Å². The van der Waals surface area contributed by atoms with Crippen LogP contribution in [0.2, 0.25) is 0 Å². The molecular formula is C14H15F2NO4S. The molecule has 1 N–H and O–H groups in total. The quantitative estimate of drug-likeness (QED) is 0.833. The van der Waals surface area contributed by atoms with Crippen molar-refractivity contribution in [3.8, 4) is 0 Å². The molecule has 2 rings (SSSR count). The highest BCUT2D eigenvalue weighted by Crippen LogP contribution is 2.22.